The molecule has 0 spiro atoms. The van der Waals surface area contributed by atoms with E-state index in [1.807, 2.05) is 32.0 Å². The van der Waals surface area contributed by atoms with Gasteiger partial charge in [0.15, 0.2) is 0 Å². The van der Waals surface area contributed by atoms with Crippen molar-refractivity contribution in [1.29, 1.82) is 0 Å². The number of halogens is 2. The summed E-state index contributed by atoms with van der Waals surface area (Å²) < 4.78 is 0. The van der Waals surface area contributed by atoms with Gasteiger partial charge >= 0.3 is 0 Å². The van der Waals surface area contributed by atoms with Gasteiger partial charge < -0.3 is 5.32 Å². The van der Waals surface area contributed by atoms with Crippen LogP contribution >= 0.6 is 23.2 Å². The molecule has 0 radical (unpaired) electrons. The highest BCUT2D eigenvalue weighted by molar-refractivity contribution is 6.32. The van der Waals surface area contributed by atoms with Crippen molar-refractivity contribution in [2.75, 3.05) is 5.32 Å². The monoisotopic (exact) mass is 309 g/mol. The highest BCUT2D eigenvalue weighted by Gasteiger charge is 2.08. The second-order valence-corrected chi connectivity index (χ2v) is 5.21. The molecule has 20 heavy (non-hydrogen) atoms. The maximum absolute atomic E-state index is 11.9. The summed E-state index contributed by atoms with van der Waals surface area (Å²) in [5.74, 6) is 0.114. The molecule has 4 nitrogen and oxygen atoms in total. The van der Waals surface area contributed by atoms with E-state index in [2.05, 4.69) is 15.3 Å². The number of aromatic nitrogens is 2. The molecule has 0 unspecified atom stereocenters. The first-order chi connectivity index (χ1) is 9.44. The SMILES string of the molecule is Cc1ccc(CC(=O)Nc2cc(Cl)nc(Cl)n2)cc1C. The molecule has 2 rings (SSSR count). The van der Waals surface area contributed by atoms with E-state index in [-0.39, 0.29) is 22.8 Å². The smallest absolute Gasteiger partial charge is 0.229 e. The van der Waals surface area contributed by atoms with Crippen LogP contribution in [0.15, 0.2) is 24.3 Å². The molecular formula is C14H13Cl2N3O. The van der Waals surface area contributed by atoms with Crippen LogP contribution in [0.25, 0.3) is 0 Å². The number of rotatable bonds is 3. The van der Waals surface area contributed by atoms with Crippen LogP contribution in [0, 0.1) is 13.8 Å². The van der Waals surface area contributed by atoms with E-state index >= 15 is 0 Å². The Bertz CT molecular complexity index is 639. The standard InChI is InChI=1S/C14H13Cl2N3O/c1-8-3-4-10(5-9(8)2)6-13(20)18-12-7-11(15)17-14(16)19-12/h3-5,7H,6H2,1-2H3,(H,17,18,19,20). The molecule has 0 aliphatic heterocycles. The molecule has 1 N–H and O–H groups in total. The van der Waals surface area contributed by atoms with E-state index in [1.165, 1.54) is 11.6 Å². The summed E-state index contributed by atoms with van der Waals surface area (Å²) in [5.41, 5.74) is 3.30. The summed E-state index contributed by atoms with van der Waals surface area (Å²) in [4.78, 5) is 19.5. The lowest BCUT2D eigenvalue weighted by molar-refractivity contribution is -0.115. The number of aryl methyl sites for hydroxylation is 2. The van der Waals surface area contributed by atoms with Crippen molar-refractivity contribution in [3.05, 3.63) is 51.4 Å². The Labute approximate surface area is 127 Å². The Morgan fingerprint density at radius 2 is 1.90 bits per heavy atom. The number of nitrogens with zero attached hydrogens (tertiary/aromatic N) is 2. The zero-order valence-corrected chi connectivity index (χ0v) is 12.6. The number of carbonyl (C=O) groups excluding carboxylic acids is 1. The number of amides is 1. The molecule has 1 heterocycles. The van der Waals surface area contributed by atoms with Crippen molar-refractivity contribution in [2.24, 2.45) is 0 Å². The van der Waals surface area contributed by atoms with Gasteiger partial charge in [0.1, 0.15) is 11.0 Å². The summed E-state index contributed by atoms with van der Waals surface area (Å²) in [6.07, 6.45) is 0.264. The number of carbonyl (C=O) groups is 1. The number of hydrogen-bond acceptors (Lipinski definition) is 3. The number of benzene rings is 1. The van der Waals surface area contributed by atoms with E-state index < -0.39 is 0 Å². The molecule has 0 fully saturated rings. The van der Waals surface area contributed by atoms with Gasteiger partial charge in [0.2, 0.25) is 11.2 Å². The Kier molecular flexibility index (Phi) is 4.57. The predicted molar refractivity (Wildman–Crippen MR) is 80.3 cm³/mol. The van der Waals surface area contributed by atoms with Gasteiger partial charge in [0, 0.05) is 6.07 Å². The van der Waals surface area contributed by atoms with Crippen LogP contribution in [0.4, 0.5) is 5.82 Å². The fourth-order valence-corrected chi connectivity index (χ4v) is 2.15. The molecule has 0 saturated heterocycles. The van der Waals surface area contributed by atoms with E-state index in [1.54, 1.807) is 0 Å². The van der Waals surface area contributed by atoms with E-state index in [9.17, 15) is 4.79 Å². The number of anilines is 1. The second kappa shape index (κ2) is 6.20. The largest absolute Gasteiger partial charge is 0.310 e. The topological polar surface area (TPSA) is 54.9 Å². The third-order valence-electron chi connectivity index (χ3n) is 2.87. The highest BCUT2D eigenvalue weighted by Crippen LogP contribution is 2.15. The third kappa shape index (κ3) is 3.92. The Morgan fingerprint density at radius 3 is 2.55 bits per heavy atom. The first kappa shape index (κ1) is 14.8. The van der Waals surface area contributed by atoms with Gasteiger partial charge in [-0.15, -0.1) is 0 Å². The number of nitrogens with one attached hydrogen (secondary N) is 1. The van der Waals surface area contributed by atoms with Crippen molar-refractivity contribution in [2.45, 2.75) is 20.3 Å². The minimum atomic E-state index is -0.181. The maximum atomic E-state index is 11.9. The first-order valence-corrected chi connectivity index (χ1v) is 6.75. The van der Waals surface area contributed by atoms with Gasteiger partial charge in [-0.05, 0) is 42.1 Å². The van der Waals surface area contributed by atoms with Crippen LogP contribution in [0.3, 0.4) is 0 Å². The van der Waals surface area contributed by atoms with Crippen LogP contribution in [0.1, 0.15) is 16.7 Å². The summed E-state index contributed by atoms with van der Waals surface area (Å²) in [7, 11) is 0. The summed E-state index contributed by atoms with van der Waals surface area (Å²) in [6, 6.07) is 7.37. The van der Waals surface area contributed by atoms with E-state index in [4.69, 9.17) is 23.2 Å². The van der Waals surface area contributed by atoms with Gasteiger partial charge in [-0.2, -0.15) is 0 Å². The molecule has 0 aliphatic rings. The average Bonchev–Trinajstić information content (AvgIpc) is 2.32. The Hall–Kier alpha value is -1.65. The summed E-state index contributed by atoms with van der Waals surface area (Å²) >= 11 is 11.4. The highest BCUT2D eigenvalue weighted by atomic mass is 35.5. The lowest BCUT2D eigenvalue weighted by atomic mass is 10.0. The predicted octanol–water partition coefficient (Wildman–Crippen LogP) is 3.58. The third-order valence-corrected chi connectivity index (χ3v) is 3.23. The maximum Gasteiger partial charge on any atom is 0.229 e. The van der Waals surface area contributed by atoms with Gasteiger partial charge in [0.05, 0.1) is 6.42 Å². The van der Waals surface area contributed by atoms with Gasteiger partial charge in [-0.1, -0.05) is 29.8 Å². The molecule has 1 aromatic heterocycles. The van der Waals surface area contributed by atoms with Crippen LogP contribution in [-0.4, -0.2) is 15.9 Å². The lowest BCUT2D eigenvalue weighted by Gasteiger charge is -2.07. The fraction of sp³-hybridized carbons (Fsp3) is 0.214. The molecular weight excluding hydrogens is 297 g/mol. The quantitative estimate of drug-likeness (QED) is 0.696. The number of hydrogen-bond donors (Lipinski definition) is 1. The zero-order valence-electron chi connectivity index (χ0n) is 11.1. The molecule has 1 aromatic carbocycles. The van der Waals surface area contributed by atoms with Crippen LogP contribution in [-0.2, 0) is 11.2 Å². The minimum absolute atomic E-state index is 0.000944. The Balaban J connectivity index is 2.06. The van der Waals surface area contributed by atoms with Crippen molar-refractivity contribution in [1.82, 2.24) is 9.97 Å². The van der Waals surface area contributed by atoms with Crippen molar-refractivity contribution < 1.29 is 4.79 Å². The summed E-state index contributed by atoms with van der Waals surface area (Å²) in [6.45, 7) is 4.05. The normalized spacial score (nSPS) is 10.4. The molecule has 104 valence electrons. The minimum Gasteiger partial charge on any atom is -0.310 e. The van der Waals surface area contributed by atoms with Crippen molar-refractivity contribution in [3.8, 4) is 0 Å². The summed E-state index contributed by atoms with van der Waals surface area (Å²) in [5, 5.41) is 2.83. The lowest BCUT2D eigenvalue weighted by Crippen LogP contribution is -2.15. The van der Waals surface area contributed by atoms with Crippen LogP contribution < -0.4 is 5.32 Å². The van der Waals surface area contributed by atoms with Gasteiger partial charge in [0.25, 0.3) is 0 Å². The van der Waals surface area contributed by atoms with Crippen LogP contribution in [0.2, 0.25) is 10.4 Å². The van der Waals surface area contributed by atoms with Crippen molar-refractivity contribution in [3.63, 3.8) is 0 Å². The molecule has 0 atom stereocenters. The second-order valence-electron chi connectivity index (χ2n) is 4.49. The van der Waals surface area contributed by atoms with Gasteiger partial charge in [-0.3, -0.25) is 4.79 Å². The first-order valence-electron chi connectivity index (χ1n) is 6.00. The molecule has 1 amide bonds. The average molecular weight is 310 g/mol. The molecule has 0 bridgehead atoms. The molecule has 2 aromatic rings. The molecule has 0 saturated carbocycles. The van der Waals surface area contributed by atoms with Crippen LogP contribution in [0.5, 0.6) is 0 Å². The van der Waals surface area contributed by atoms with Gasteiger partial charge in [-0.25, -0.2) is 9.97 Å². The van der Waals surface area contributed by atoms with E-state index in [0.29, 0.717) is 5.82 Å². The zero-order chi connectivity index (χ0) is 14.7. The molecule has 0 aliphatic carbocycles. The fourth-order valence-electron chi connectivity index (χ4n) is 1.74. The van der Waals surface area contributed by atoms with E-state index in [0.717, 1.165) is 11.1 Å². The Morgan fingerprint density at radius 1 is 1.15 bits per heavy atom. The molecule has 6 heteroatoms. The van der Waals surface area contributed by atoms with Crippen molar-refractivity contribution >= 4 is 34.9 Å².